The Bertz CT molecular complexity index is 409. The first kappa shape index (κ1) is 12.7. The molecule has 0 unspecified atom stereocenters. The van der Waals surface area contributed by atoms with E-state index in [-0.39, 0.29) is 0 Å². The Hall–Kier alpha value is -0.700. The zero-order valence-corrected chi connectivity index (χ0v) is 11.6. The average Bonchev–Trinajstić information content (AvgIpc) is 2.63. The molecule has 0 saturated carbocycles. The molecule has 0 bridgehead atoms. The third-order valence-electron chi connectivity index (χ3n) is 3.51. The summed E-state index contributed by atoms with van der Waals surface area (Å²) in [5.41, 5.74) is 3.55. The standard InChI is InChI=1S/C14H21NOS/c1-11-10-12-13(6-5-7-14(12)16)15(11)8-3-4-9-17-2/h10H,3-9H2,1-2H3. The molecule has 0 fully saturated rings. The fourth-order valence-corrected chi connectivity index (χ4v) is 3.11. The molecule has 1 aliphatic carbocycles. The van der Waals surface area contributed by atoms with Crippen molar-refractivity contribution in [2.75, 3.05) is 12.0 Å². The summed E-state index contributed by atoms with van der Waals surface area (Å²) in [4.78, 5) is 11.8. The minimum Gasteiger partial charge on any atom is -0.348 e. The van der Waals surface area contributed by atoms with Gasteiger partial charge in [-0.1, -0.05) is 0 Å². The van der Waals surface area contributed by atoms with Crippen molar-refractivity contribution in [1.29, 1.82) is 0 Å². The molecule has 0 saturated heterocycles. The van der Waals surface area contributed by atoms with Crippen molar-refractivity contribution >= 4 is 17.5 Å². The minimum absolute atomic E-state index is 0.345. The minimum atomic E-state index is 0.345. The first-order valence-corrected chi connectivity index (χ1v) is 7.84. The van der Waals surface area contributed by atoms with E-state index < -0.39 is 0 Å². The van der Waals surface area contributed by atoms with Crippen molar-refractivity contribution in [3.63, 3.8) is 0 Å². The van der Waals surface area contributed by atoms with Gasteiger partial charge in [0.25, 0.3) is 0 Å². The third-order valence-corrected chi connectivity index (χ3v) is 4.21. The molecule has 1 aromatic rings. The van der Waals surface area contributed by atoms with Gasteiger partial charge in [-0.2, -0.15) is 11.8 Å². The van der Waals surface area contributed by atoms with Crippen LogP contribution in [0.4, 0.5) is 0 Å². The Morgan fingerprint density at radius 2 is 2.18 bits per heavy atom. The SMILES string of the molecule is CSCCCCn1c(C)cc2c1CCCC2=O. The van der Waals surface area contributed by atoms with Crippen LogP contribution < -0.4 is 0 Å². The van der Waals surface area contributed by atoms with Gasteiger partial charge in [0.1, 0.15) is 0 Å². The van der Waals surface area contributed by atoms with Crippen LogP contribution in [0.25, 0.3) is 0 Å². The highest BCUT2D eigenvalue weighted by Gasteiger charge is 2.21. The van der Waals surface area contributed by atoms with Gasteiger partial charge in [-0.15, -0.1) is 0 Å². The second-order valence-electron chi connectivity index (χ2n) is 4.77. The molecule has 0 aliphatic heterocycles. The van der Waals surface area contributed by atoms with Gasteiger partial charge >= 0.3 is 0 Å². The van der Waals surface area contributed by atoms with Crippen LogP contribution in [0.2, 0.25) is 0 Å². The summed E-state index contributed by atoms with van der Waals surface area (Å²) in [6.45, 7) is 3.20. The fraction of sp³-hybridized carbons (Fsp3) is 0.643. The van der Waals surface area contributed by atoms with Crippen molar-refractivity contribution in [1.82, 2.24) is 4.57 Å². The topological polar surface area (TPSA) is 22.0 Å². The highest BCUT2D eigenvalue weighted by atomic mass is 32.2. The lowest BCUT2D eigenvalue weighted by Gasteiger charge is -2.15. The molecular weight excluding hydrogens is 230 g/mol. The van der Waals surface area contributed by atoms with Crippen molar-refractivity contribution < 1.29 is 4.79 Å². The predicted molar refractivity (Wildman–Crippen MR) is 74.1 cm³/mol. The van der Waals surface area contributed by atoms with Gasteiger partial charge in [-0.3, -0.25) is 4.79 Å². The van der Waals surface area contributed by atoms with Crippen molar-refractivity contribution in [3.05, 3.63) is 23.0 Å². The number of hydrogen-bond acceptors (Lipinski definition) is 2. The molecule has 0 aromatic carbocycles. The number of aromatic nitrogens is 1. The van der Waals surface area contributed by atoms with Crippen molar-refractivity contribution in [3.8, 4) is 0 Å². The lowest BCUT2D eigenvalue weighted by atomic mass is 9.96. The maximum atomic E-state index is 11.8. The molecule has 0 amide bonds. The number of carbonyl (C=O) groups excluding carboxylic acids is 1. The Labute approximate surface area is 108 Å². The number of rotatable bonds is 5. The van der Waals surface area contributed by atoms with E-state index in [0.29, 0.717) is 5.78 Å². The number of aryl methyl sites for hydroxylation is 1. The highest BCUT2D eigenvalue weighted by Crippen LogP contribution is 2.25. The van der Waals surface area contributed by atoms with Crippen LogP contribution in [0.3, 0.4) is 0 Å². The average molecular weight is 251 g/mol. The molecule has 1 aliphatic rings. The molecule has 17 heavy (non-hydrogen) atoms. The monoisotopic (exact) mass is 251 g/mol. The molecule has 0 spiro atoms. The quantitative estimate of drug-likeness (QED) is 0.748. The van der Waals surface area contributed by atoms with E-state index in [0.717, 1.165) is 31.4 Å². The number of ketones is 1. The summed E-state index contributed by atoms with van der Waals surface area (Å²) >= 11 is 1.91. The first-order chi connectivity index (χ1) is 8.24. The number of fused-ring (bicyclic) bond motifs is 1. The maximum absolute atomic E-state index is 11.8. The zero-order chi connectivity index (χ0) is 12.3. The summed E-state index contributed by atoms with van der Waals surface area (Å²) in [5.74, 6) is 1.58. The molecule has 1 heterocycles. The summed E-state index contributed by atoms with van der Waals surface area (Å²) < 4.78 is 2.37. The smallest absolute Gasteiger partial charge is 0.164 e. The molecular formula is C14H21NOS. The Balaban J connectivity index is 2.09. The van der Waals surface area contributed by atoms with Crippen LogP contribution in [-0.2, 0) is 13.0 Å². The number of nitrogens with zero attached hydrogens (tertiary/aromatic N) is 1. The number of thioether (sulfide) groups is 1. The summed E-state index contributed by atoms with van der Waals surface area (Å²) in [6, 6.07) is 2.09. The van der Waals surface area contributed by atoms with E-state index in [4.69, 9.17) is 0 Å². The van der Waals surface area contributed by atoms with E-state index in [9.17, 15) is 4.79 Å². The van der Waals surface area contributed by atoms with Gasteiger partial charge in [-0.25, -0.2) is 0 Å². The van der Waals surface area contributed by atoms with E-state index in [2.05, 4.69) is 23.8 Å². The van der Waals surface area contributed by atoms with Crippen LogP contribution in [0.1, 0.15) is 47.4 Å². The van der Waals surface area contributed by atoms with Gasteiger partial charge in [0.2, 0.25) is 0 Å². The number of Topliss-reactive ketones (excluding diaryl/α,β-unsaturated/α-hetero) is 1. The first-order valence-electron chi connectivity index (χ1n) is 6.45. The molecule has 94 valence electrons. The van der Waals surface area contributed by atoms with Gasteiger partial charge in [-0.05, 0) is 50.7 Å². The molecule has 1 aromatic heterocycles. The van der Waals surface area contributed by atoms with Crippen molar-refractivity contribution in [2.24, 2.45) is 0 Å². The third kappa shape index (κ3) is 2.76. The summed E-state index contributed by atoms with van der Waals surface area (Å²) in [6.07, 6.45) is 7.49. The van der Waals surface area contributed by atoms with Crippen LogP contribution in [0, 0.1) is 6.92 Å². The van der Waals surface area contributed by atoms with Gasteiger partial charge in [0, 0.05) is 29.9 Å². The molecule has 2 rings (SSSR count). The lowest BCUT2D eigenvalue weighted by molar-refractivity contribution is 0.0971. The zero-order valence-electron chi connectivity index (χ0n) is 10.8. The van der Waals surface area contributed by atoms with Gasteiger partial charge in [0.05, 0.1) is 0 Å². The second kappa shape index (κ2) is 5.76. The lowest BCUT2D eigenvalue weighted by Crippen LogP contribution is -2.13. The molecule has 2 nitrogen and oxygen atoms in total. The van der Waals surface area contributed by atoms with Crippen LogP contribution in [0.15, 0.2) is 6.07 Å². The summed E-state index contributed by atoms with van der Waals surface area (Å²) in [5, 5.41) is 0. The number of hydrogen-bond donors (Lipinski definition) is 0. The molecule has 3 heteroatoms. The largest absolute Gasteiger partial charge is 0.348 e. The molecule has 0 N–H and O–H groups in total. The maximum Gasteiger partial charge on any atom is 0.164 e. The van der Waals surface area contributed by atoms with Gasteiger partial charge < -0.3 is 4.57 Å². The number of carbonyl (C=O) groups is 1. The normalized spacial score (nSPS) is 15.1. The van der Waals surface area contributed by atoms with E-state index in [1.54, 1.807) is 0 Å². The number of unbranched alkanes of at least 4 members (excludes halogenated alkanes) is 1. The second-order valence-corrected chi connectivity index (χ2v) is 5.76. The van der Waals surface area contributed by atoms with Gasteiger partial charge in [0.15, 0.2) is 5.78 Å². The van der Waals surface area contributed by atoms with Crippen LogP contribution in [-0.4, -0.2) is 22.4 Å². The van der Waals surface area contributed by atoms with Crippen LogP contribution >= 0.6 is 11.8 Å². The van der Waals surface area contributed by atoms with Crippen LogP contribution in [0.5, 0.6) is 0 Å². The van der Waals surface area contributed by atoms with E-state index in [1.807, 2.05) is 11.8 Å². The fourth-order valence-electron chi connectivity index (χ4n) is 2.62. The van der Waals surface area contributed by atoms with E-state index in [1.165, 1.54) is 30.0 Å². The van der Waals surface area contributed by atoms with E-state index >= 15 is 0 Å². The predicted octanol–water partition coefficient (Wildman–Crippen LogP) is 3.46. The Kier molecular flexibility index (Phi) is 4.32. The van der Waals surface area contributed by atoms with Crippen molar-refractivity contribution in [2.45, 2.75) is 45.6 Å². The highest BCUT2D eigenvalue weighted by molar-refractivity contribution is 7.98. The molecule has 0 radical (unpaired) electrons. The Morgan fingerprint density at radius 1 is 1.35 bits per heavy atom. The Morgan fingerprint density at radius 3 is 2.94 bits per heavy atom. The molecule has 0 atom stereocenters. The summed E-state index contributed by atoms with van der Waals surface area (Å²) in [7, 11) is 0.